The maximum Gasteiger partial charge on any atom is 0.415 e. The first-order chi connectivity index (χ1) is 12.6. The lowest BCUT2D eigenvalue weighted by atomic mass is 9.91. The van der Waals surface area contributed by atoms with E-state index in [1.54, 1.807) is 39.0 Å². The Morgan fingerprint density at radius 1 is 1.30 bits per heavy atom. The van der Waals surface area contributed by atoms with E-state index in [0.717, 1.165) is 11.6 Å². The Balaban J connectivity index is 2.16. The topological polar surface area (TPSA) is 29.5 Å². The average Bonchev–Trinajstić information content (AvgIpc) is 2.57. The predicted molar refractivity (Wildman–Crippen MR) is 105 cm³/mol. The van der Waals surface area contributed by atoms with Crippen molar-refractivity contribution in [1.29, 1.82) is 0 Å². The largest absolute Gasteiger partial charge is 0.443 e. The van der Waals surface area contributed by atoms with Crippen molar-refractivity contribution in [3.63, 3.8) is 0 Å². The Kier molecular flexibility index (Phi) is 5.50. The molecule has 1 unspecified atom stereocenters. The molecule has 0 aliphatic carbocycles. The molecule has 1 amide bonds. The van der Waals surface area contributed by atoms with Crippen LogP contribution in [0, 0.1) is 11.6 Å². The first-order valence-electron chi connectivity index (χ1n) is 8.52. The number of anilines is 1. The first-order valence-corrected chi connectivity index (χ1v) is 9.69. The molecule has 0 saturated heterocycles. The molecule has 1 heterocycles. The molecule has 0 N–H and O–H groups in total. The van der Waals surface area contributed by atoms with E-state index in [9.17, 15) is 13.6 Å². The molecule has 0 fully saturated rings. The molecule has 1 aliphatic heterocycles. The van der Waals surface area contributed by atoms with Crippen molar-refractivity contribution in [2.45, 2.75) is 45.3 Å². The summed E-state index contributed by atoms with van der Waals surface area (Å²) in [5.74, 6) is -1.25. The van der Waals surface area contributed by atoms with Crippen molar-refractivity contribution in [3.05, 3.63) is 62.6 Å². The van der Waals surface area contributed by atoms with Crippen LogP contribution >= 0.6 is 27.5 Å². The lowest BCUT2D eigenvalue weighted by molar-refractivity contribution is 0.0558. The summed E-state index contributed by atoms with van der Waals surface area (Å²) in [6.07, 6.45) is -0.0259. The third-order valence-corrected chi connectivity index (χ3v) is 5.10. The fourth-order valence-electron chi connectivity index (χ4n) is 3.25. The molecule has 7 heteroatoms. The third-order valence-electron chi connectivity index (χ3n) is 4.28. The number of hydrogen-bond acceptors (Lipinski definition) is 2. The van der Waals surface area contributed by atoms with Gasteiger partial charge in [0.25, 0.3) is 0 Å². The van der Waals surface area contributed by atoms with Crippen LogP contribution in [0.25, 0.3) is 0 Å². The Bertz CT molecular complexity index is 898. The molecule has 0 bridgehead atoms. The summed E-state index contributed by atoms with van der Waals surface area (Å²) in [4.78, 5) is 14.2. The predicted octanol–water partition coefficient (Wildman–Crippen LogP) is 6.81. The van der Waals surface area contributed by atoms with Crippen molar-refractivity contribution < 1.29 is 18.3 Å². The van der Waals surface area contributed by atoms with Gasteiger partial charge in [-0.05, 0) is 73.3 Å². The Morgan fingerprint density at radius 3 is 2.63 bits per heavy atom. The number of carbonyl (C=O) groups excluding carboxylic acids is 1. The number of amides is 1. The number of halogens is 4. The molecule has 0 saturated carbocycles. The van der Waals surface area contributed by atoms with Gasteiger partial charge in [0.15, 0.2) is 0 Å². The van der Waals surface area contributed by atoms with E-state index in [4.69, 9.17) is 16.3 Å². The minimum atomic E-state index is -0.780. The van der Waals surface area contributed by atoms with Crippen LogP contribution in [0.5, 0.6) is 0 Å². The van der Waals surface area contributed by atoms with E-state index in [1.165, 1.54) is 4.90 Å². The fourth-order valence-corrected chi connectivity index (χ4v) is 3.89. The molecule has 2 aromatic carbocycles. The lowest BCUT2D eigenvalue weighted by Crippen LogP contribution is -2.42. The molecule has 27 heavy (non-hydrogen) atoms. The summed E-state index contributed by atoms with van der Waals surface area (Å²) in [7, 11) is 0. The van der Waals surface area contributed by atoms with Gasteiger partial charge in [0.2, 0.25) is 0 Å². The number of nitrogens with zero attached hydrogens (tertiary/aromatic N) is 1. The van der Waals surface area contributed by atoms with Crippen molar-refractivity contribution in [2.75, 3.05) is 4.90 Å². The quantitative estimate of drug-likeness (QED) is 0.439. The van der Waals surface area contributed by atoms with Gasteiger partial charge >= 0.3 is 6.09 Å². The zero-order chi connectivity index (χ0) is 19.9. The highest BCUT2D eigenvalue weighted by Gasteiger charge is 2.38. The molecule has 0 aromatic heterocycles. The van der Waals surface area contributed by atoms with Gasteiger partial charge in [-0.2, -0.15) is 0 Å². The zero-order valence-electron chi connectivity index (χ0n) is 15.2. The van der Waals surface area contributed by atoms with Crippen LogP contribution < -0.4 is 4.90 Å². The number of rotatable bonds is 1. The van der Waals surface area contributed by atoms with Gasteiger partial charge < -0.3 is 4.74 Å². The van der Waals surface area contributed by atoms with E-state index >= 15 is 0 Å². The minimum absolute atomic E-state index is 0.0316. The Hall–Kier alpha value is -1.66. The van der Waals surface area contributed by atoms with Crippen molar-refractivity contribution in [3.8, 4) is 0 Å². The molecular formula is C20H19BrClF2NO2. The second-order valence-electron chi connectivity index (χ2n) is 7.44. The highest BCUT2D eigenvalue weighted by molar-refractivity contribution is 9.10. The van der Waals surface area contributed by atoms with Crippen LogP contribution in [0.4, 0.5) is 19.3 Å². The summed E-state index contributed by atoms with van der Waals surface area (Å²) < 4.78 is 35.0. The second kappa shape index (κ2) is 7.40. The number of benzene rings is 2. The number of carbonyl (C=O) groups is 1. The van der Waals surface area contributed by atoms with Crippen LogP contribution in [0.2, 0.25) is 5.02 Å². The summed E-state index contributed by atoms with van der Waals surface area (Å²) in [5, 5.41) is 0.505. The monoisotopic (exact) mass is 457 g/mol. The molecule has 0 spiro atoms. The maximum atomic E-state index is 14.9. The van der Waals surface area contributed by atoms with Gasteiger partial charge in [0.05, 0.1) is 16.2 Å². The van der Waals surface area contributed by atoms with Crippen LogP contribution in [-0.4, -0.2) is 11.7 Å². The standard InChI is InChI=1S/C20H19BrClF2NO2/c1-20(2,3)27-19(26)25-16(11-5-4-6-12(22)9-11)8-7-13-17(24)14(21)10-15(23)18(13)25/h4-6,9-10,16H,7-8H2,1-3H3. The van der Waals surface area contributed by atoms with Gasteiger partial charge in [0, 0.05) is 10.6 Å². The van der Waals surface area contributed by atoms with Gasteiger partial charge in [0.1, 0.15) is 17.2 Å². The maximum absolute atomic E-state index is 14.9. The Morgan fingerprint density at radius 2 is 2.00 bits per heavy atom. The van der Waals surface area contributed by atoms with Gasteiger partial charge in [-0.1, -0.05) is 23.7 Å². The average molecular weight is 459 g/mol. The smallest absolute Gasteiger partial charge is 0.415 e. The highest BCUT2D eigenvalue weighted by atomic mass is 79.9. The summed E-state index contributed by atoms with van der Waals surface area (Å²) in [5.41, 5.74) is 0.0340. The second-order valence-corrected chi connectivity index (χ2v) is 8.73. The van der Waals surface area contributed by atoms with Crippen molar-refractivity contribution in [2.24, 2.45) is 0 Å². The lowest BCUT2D eigenvalue weighted by Gasteiger charge is -2.38. The third kappa shape index (κ3) is 4.11. The SMILES string of the molecule is CC(C)(C)OC(=O)N1c2c(F)cc(Br)c(F)c2CCC1c1cccc(Cl)c1. The summed E-state index contributed by atoms with van der Waals surface area (Å²) in [6.45, 7) is 5.17. The molecule has 1 atom stereocenters. The fraction of sp³-hybridized carbons (Fsp3) is 0.350. The molecule has 144 valence electrons. The van der Waals surface area contributed by atoms with Crippen molar-refractivity contribution >= 4 is 39.3 Å². The number of fused-ring (bicyclic) bond motifs is 1. The highest BCUT2D eigenvalue weighted by Crippen LogP contribution is 2.44. The van der Waals surface area contributed by atoms with Crippen LogP contribution in [0.1, 0.15) is 44.4 Å². The summed E-state index contributed by atoms with van der Waals surface area (Å²) in [6, 6.07) is 7.54. The van der Waals surface area contributed by atoms with Crippen LogP contribution in [0.15, 0.2) is 34.8 Å². The van der Waals surface area contributed by atoms with Gasteiger partial charge in [-0.3, -0.25) is 4.90 Å². The molecular weight excluding hydrogens is 440 g/mol. The van der Waals surface area contributed by atoms with E-state index in [1.807, 2.05) is 6.07 Å². The van der Waals surface area contributed by atoms with Crippen molar-refractivity contribution in [1.82, 2.24) is 0 Å². The molecule has 2 aromatic rings. The van der Waals surface area contributed by atoms with Crippen LogP contribution in [0.3, 0.4) is 0 Å². The van der Waals surface area contributed by atoms with E-state index in [0.29, 0.717) is 11.4 Å². The first kappa shape index (κ1) is 20.1. The number of hydrogen-bond donors (Lipinski definition) is 0. The van der Waals surface area contributed by atoms with E-state index in [-0.39, 0.29) is 22.1 Å². The van der Waals surface area contributed by atoms with Crippen LogP contribution in [-0.2, 0) is 11.2 Å². The normalized spacial score (nSPS) is 16.9. The molecule has 3 rings (SSSR count). The van der Waals surface area contributed by atoms with Gasteiger partial charge in [-0.25, -0.2) is 13.6 Å². The molecule has 0 radical (unpaired) electrons. The summed E-state index contributed by atoms with van der Waals surface area (Å²) >= 11 is 9.13. The minimum Gasteiger partial charge on any atom is -0.443 e. The number of ether oxygens (including phenoxy) is 1. The molecule has 3 nitrogen and oxygen atoms in total. The Labute approximate surface area is 170 Å². The molecule has 1 aliphatic rings. The zero-order valence-corrected chi connectivity index (χ0v) is 17.5. The van der Waals surface area contributed by atoms with E-state index < -0.39 is 29.4 Å². The van der Waals surface area contributed by atoms with E-state index in [2.05, 4.69) is 15.9 Å². The van der Waals surface area contributed by atoms with Gasteiger partial charge in [-0.15, -0.1) is 0 Å².